The summed E-state index contributed by atoms with van der Waals surface area (Å²) in [4.78, 5) is 75.6. The summed E-state index contributed by atoms with van der Waals surface area (Å²) >= 11 is 2.82. The minimum atomic E-state index is -2.09. The number of rotatable bonds is 26. The van der Waals surface area contributed by atoms with Gasteiger partial charge >= 0.3 is 6.09 Å². The number of piperidine rings is 1. The van der Waals surface area contributed by atoms with Crippen LogP contribution in [0.25, 0.3) is 0 Å². The molecule has 0 spiro atoms. The Kier molecular flexibility index (Phi) is 29.6. The second-order valence-electron chi connectivity index (χ2n) is 27.0. The van der Waals surface area contributed by atoms with Gasteiger partial charge in [0.1, 0.15) is 48.4 Å². The number of benzene rings is 1. The third-order valence-corrected chi connectivity index (χ3v) is 25.0. The van der Waals surface area contributed by atoms with Gasteiger partial charge in [-0.3, -0.25) is 24.0 Å². The molecule has 0 aromatic heterocycles. The van der Waals surface area contributed by atoms with Gasteiger partial charge in [0.2, 0.25) is 23.1 Å². The lowest BCUT2D eigenvalue weighted by Gasteiger charge is -2.48. The second kappa shape index (κ2) is 36.2. The first-order valence-corrected chi connectivity index (χ1v) is 37.7. The molecule has 19 unspecified atom stereocenters. The molecule has 7 aliphatic rings. The van der Waals surface area contributed by atoms with E-state index in [-0.39, 0.29) is 83.2 Å². The fourth-order valence-corrected chi connectivity index (χ4v) is 17.8. The molecular formula is C69H98IN3O23S3. The number of methoxy groups -OCH3 is 5. The zero-order chi connectivity index (χ0) is 72.4. The number of halogens is 1. The SMILES string of the molecule is COC(=O)NC1C(=O)C[C@@]2(O)C#C/C=C\C#C[C@H](OC3OC(C)C(NOC4CC(O)C(SC(=O)c5c(C)c(I)c(OC6OC(C)C(O)C(OC)C6O)c(OC)c5OC)C(C)O4)C(O)C3OC3CC(OC)C(CC(C)C)CO3)C1/C2=C\CSSC(C)(C)CCC(=O)N1CCC(C(C)=O)CC1. The molecule has 99 heavy (non-hydrogen) atoms. The van der Waals surface area contributed by atoms with Gasteiger partial charge in [0, 0.05) is 74.8 Å². The summed E-state index contributed by atoms with van der Waals surface area (Å²) in [6.45, 7) is 17.9. The lowest BCUT2D eigenvalue weighted by atomic mass is 9.68. The topological polar surface area (TPSA) is 334 Å². The lowest BCUT2D eigenvalue weighted by Crippen LogP contribution is -2.65. The maximum Gasteiger partial charge on any atom is 0.407 e. The highest BCUT2D eigenvalue weighted by atomic mass is 127. The number of aliphatic hydroxyl groups is 5. The Labute approximate surface area is 605 Å². The van der Waals surface area contributed by atoms with Crippen molar-refractivity contribution in [1.29, 1.82) is 0 Å². The number of carbonyl (C=O) groups excluding carboxylic acids is 5. The van der Waals surface area contributed by atoms with Crippen LogP contribution in [0.3, 0.4) is 0 Å². The van der Waals surface area contributed by atoms with Crippen molar-refractivity contribution in [2.45, 2.75) is 234 Å². The van der Waals surface area contributed by atoms with E-state index in [1.54, 1.807) is 58.6 Å². The molecule has 2 bridgehead atoms. The molecule has 1 aromatic rings. The molecule has 1 aromatic carbocycles. The fourth-order valence-electron chi connectivity index (χ4n) is 13.6. The van der Waals surface area contributed by atoms with Crippen LogP contribution in [0.15, 0.2) is 23.8 Å². The van der Waals surface area contributed by atoms with Gasteiger partial charge in [-0.2, -0.15) is 5.48 Å². The number of nitrogens with one attached hydrogen (secondary N) is 2. The Hall–Kier alpha value is -3.85. The third-order valence-electron chi connectivity index (χ3n) is 19.1. The summed E-state index contributed by atoms with van der Waals surface area (Å²) in [5.74, 6) is 10.8. The molecule has 30 heteroatoms. The van der Waals surface area contributed by atoms with E-state index in [1.807, 2.05) is 41.3 Å². The van der Waals surface area contributed by atoms with Gasteiger partial charge in [-0.1, -0.05) is 77.0 Å². The normalized spacial score (nSPS) is 35.1. The van der Waals surface area contributed by atoms with Crippen molar-refractivity contribution in [1.82, 2.24) is 15.7 Å². The molecule has 1 saturated carbocycles. The first-order valence-electron chi connectivity index (χ1n) is 33.5. The van der Waals surface area contributed by atoms with Crippen LogP contribution in [0.5, 0.6) is 17.2 Å². The number of carbonyl (C=O) groups is 5. The number of hydrogen-bond acceptors (Lipinski definition) is 27. The van der Waals surface area contributed by atoms with E-state index in [9.17, 15) is 49.5 Å². The van der Waals surface area contributed by atoms with E-state index in [1.165, 1.54) is 44.3 Å². The highest BCUT2D eigenvalue weighted by molar-refractivity contribution is 14.1. The van der Waals surface area contributed by atoms with Gasteiger partial charge in [-0.05, 0) is 126 Å². The Morgan fingerprint density at radius 3 is 2.21 bits per heavy atom. The average Bonchev–Trinajstić information content (AvgIpc) is 0.758. The Balaban J connectivity index is 1.01. The van der Waals surface area contributed by atoms with Gasteiger partial charge in [0.25, 0.3) is 0 Å². The van der Waals surface area contributed by atoms with Crippen LogP contribution in [0.2, 0.25) is 0 Å². The molecule has 6 fully saturated rings. The number of hydrogen-bond donors (Lipinski definition) is 7. The molecule has 0 radical (unpaired) electrons. The van der Waals surface area contributed by atoms with Crippen molar-refractivity contribution in [2.24, 2.45) is 23.7 Å². The number of allylic oxidation sites excluding steroid dienone is 2. The van der Waals surface area contributed by atoms with Crippen molar-refractivity contribution in [3.63, 3.8) is 0 Å². The van der Waals surface area contributed by atoms with E-state index < -0.39 is 143 Å². The molecule has 8 rings (SSSR count). The minimum absolute atomic E-state index is 0.0202. The number of alkyl carbamates (subject to hydrolysis) is 1. The smallest absolute Gasteiger partial charge is 0.407 e. The molecule has 5 saturated heterocycles. The van der Waals surface area contributed by atoms with E-state index in [0.717, 1.165) is 25.3 Å². The number of hydroxylamine groups is 1. The van der Waals surface area contributed by atoms with E-state index >= 15 is 0 Å². The summed E-state index contributed by atoms with van der Waals surface area (Å²) in [5, 5.41) is 60.3. The van der Waals surface area contributed by atoms with Gasteiger partial charge in [0.15, 0.2) is 41.8 Å². The maximum atomic E-state index is 14.5. The maximum absolute atomic E-state index is 14.5. The van der Waals surface area contributed by atoms with Crippen molar-refractivity contribution >= 4 is 84.6 Å². The molecule has 5 aliphatic heterocycles. The van der Waals surface area contributed by atoms with Crippen LogP contribution in [0, 0.1) is 57.8 Å². The number of fused-ring (bicyclic) bond motifs is 2. The first kappa shape index (κ1) is 80.8. The molecular weight excluding hydrogens is 1460 g/mol. The molecule has 5 heterocycles. The van der Waals surface area contributed by atoms with Gasteiger partial charge in [-0.15, -0.1) is 0 Å². The van der Waals surface area contributed by atoms with Crippen molar-refractivity contribution in [2.75, 3.05) is 61.0 Å². The quantitative estimate of drug-likeness (QED) is 0.0146. The van der Waals surface area contributed by atoms with E-state index in [2.05, 4.69) is 48.3 Å². The Morgan fingerprint density at radius 1 is 0.869 bits per heavy atom. The van der Waals surface area contributed by atoms with Crippen LogP contribution in [0.1, 0.15) is 123 Å². The molecule has 2 amide bonds. The monoisotopic (exact) mass is 1560 g/mol. The van der Waals surface area contributed by atoms with Crippen molar-refractivity contribution in [3.8, 4) is 40.9 Å². The van der Waals surface area contributed by atoms with Gasteiger partial charge in [-0.25, -0.2) is 4.79 Å². The van der Waals surface area contributed by atoms with E-state index in [4.69, 9.17) is 61.7 Å². The number of nitrogens with zero attached hydrogens (tertiary/aromatic N) is 1. The van der Waals surface area contributed by atoms with Crippen LogP contribution in [-0.4, -0.2) is 240 Å². The van der Waals surface area contributed by atoms with Crippen LogP contribution >= 0.6 is 55.9 Å². The number of Topliss-reactive ketones (excluding diaryl/α,β-unsaturated/α-hetero) is 2. The largest absolute Gasteiger partial charge is 0.492 e. The average molecular weight is 1560 g/mol. The molecule has 7 N–H and O–H groups in total. The van der Waals surface area contributed by atoms with Gasteiger partial charge in [0.05, 0.1) is 85.3 Å². The zero-order valence-corrected chi connectivity index (χ0v) is 63.2. The summed E-state index contributed by atoms with van der Waals surface area (Å²) in [7, 11) is 9.85. The van der Waals surface area contributed by atoms with Crippen molar-refractivity contribution < 1.29 is 111 Å². The Morgan fingerprint density at radius 2 is 1.57 bits per heavy atom. The van der Waals surface area contributed by atoms with Crippen LogP contribution in [0.4, 0.5) is 4.79 Å². The standard InChI is InChI=1S/C69H98IN3O23S3/c1-34(2)29-41-33-89-48(31-46(41)84-10)94-61-56(79)53(72-96-49-30-43(75)63(39(7)90-49)98-64(81)50-35(3)52(70)59(62(87-13)58(50)85-11)95-65-57(80)60(86-12)55(78)38(6)92-65)37(5)91-66(61)93-45-19-17-15-16-18-24-69(83)32-44(76)54(71-67(82)88-14)51(45)42(69)23-28-97-99-68(8,9)25-20-47(77)73-26-21-40(22-27-73)36(4)74/h15-16,23,34,37-41,43,45-46,48-49,51,53-57,60-61,63,65-66,72,75,78-80,83H,20-22,25-33H2,1-14H3,(H,71,82)/b16-15-,42-23+/t37?,38?,39?,41?,43?,45-,46?,48?,49?,51?,53?,54?,55?,56?,57?,60?,61?,63?,65?,66?,69-/m0/s1. The molecule has 552 valence electrons. The number of ether oxygens (including phenoxy) is 12. The lowest BCUT2D eigenvalue weighted by molar-refractivity contribution is -0.341. The zero-order valence-electron chi connectivity index (χ0n) is 58.6. The van der Waals surface area contributed by atoms with Crippen LogP contribution < -0.4 is 25.0 Å². The number of thioether (sulfide) groups is 1. The Bertz CT molecular complexity index is 3180. The number of likely N-dealkylation sites (tertiary alicyclic amines) is 1. The van der Waals surface area contributed by atoms with E-state index in [0.29, 0.717) is 53.8 Å². The molecule has 2 aliphatic carbocycles. The summed E-state index contributed by atoms with van der Waals surface area (Å²) in [6.07, 6.45) is -10.7. The number of aliphatic hydroxyl groups excluding tert-OH is 4. The van der Waals surface area contributed by atoms with Crippen LogP contribution in [-0.2, 0) is 61.9 Å². The summed E-state index contributed by atoms with van der Waals surface area (Å²) in [5.41, 5.74) is 1.61. The summed E-state index contributed by atoms with van der Waals surface area (Å²) in [6, 6.07) is -2.51. The highest BCUT2D eigenvalue weighted by Gasteiger charge is 2.55. The summed E-state index contributed by atoms with van der Waals surface area (Å²) < 4.78 is 73.2. The molecule has 21 atom stereocenters. The fraction of sp³-hybridized carbons (Fsp3) is 0.725. The van der Waals surface area contributed by atoms with Crippen molar-refractivity contribution in [3.05, 3.63) is 38.5 Å². The number of ketones is 2. The molecule has 26 nitrogen and oxygen atoms in total. The second-order valence-corrected chi connectivity index (χ2v) is 32.3. The first-order chi connectivity index (χ1) is 47.0. The van der Waals surface area contributed by atoms with Gasteiger partial charge < -0.3 is 92.6 Å². The predicted octanol–water partition coefficient (Wildman–Crippen LogP) is 5.72. The highest BCUT2D eigenvalue weighted by Crippen LogP contribution is 2.50. The predicted molar refractivity (Wildman–Crippen MR) is 375 cm³/mol. The minimum Gasteiger partial charge on any atom is -0.492 e. The number of amides is 2. The third kappa shape index (κ3) is 19.8.